The van der Waals surface area contributed by atoms with Crippen molar-refractivity contribution in [1.29, 1.82) is 0 Å². The van der Waals surface area contributed by atoms with E-state index < -0.39 is 0 Å². The van der Waals surface area contributed by atoms with Crippen LogP contribution in [0.3, 0.4) is 0 Å². The minimum atomic E-state index is -0.269. The van der Waals surface area contributed by atoms with E-state index in [2.05, 4.69) is 32.0 Å². The Bertz CT molecular complexity index is 1360. The van der Waals surface area contributed by atoms with Crippen molar-refractivity contribution in [3.63, 3.8) is 0 Å². The number of aromatic nitrogens is 2. The molecule has 5 rings (SSSR count). The maximum Gasteiger partial charge on any atom is 0.337 e. The van der Waals surface area contributed by atoms with Crippen LogP contribution in [0.4, 0.5) is 0 Å². The maximum absolute atomic E-state index is 13.6. The predicted molar refractivity (Wildman–Crippen MR) is 119 cm³/mol. The fourth-order valence-corrected chi connectivity index (χ4v) is 5.66. The van der Waals surface area contributed by atoms with Gasteiger partial charge in [0.25, 0.3) is 5.56 Å². The highest BCUT2D eigenvalue weighted by molar-refractivity contribution is 7.18. The van der Waals surface area contributed by atoms with Gasteiger partial charge in [-0.1, -0.05) is 42.0 Å². The highest BCUT2D eigenvalue weighted by Crippen LogP contribution is 2.35. The molecule has 0 spiro atoms. The number of fused-ring (bicyclic) bond motifs is 3. The molecule has 2 aromatic carbocycles. The Morgan fingerprint density at radius 2 is 1.79 bits per heavy atom. The Balaban J connectivity index is 1.84. The van der Waals surface area contributed by atoms with Gasteiger partial charge in [-0.2, -0.15) is 0 Å². The highest BCUT2D eigenvalue weighted by atomic mass is 32.1. The van der Waals surface area contributed by atoms with E-state index >= 15 is 0 Å². The number of hydrogen-bond donors (Lipinski definition) is 0. The van der Waals surface area contributed by atoms with Crippen LogP contribution in [0, 0.1) is 13.8 Å². The summed E-state index contributed by atoms with van der Waals surface area (Å²) in [4.78, 5) is 29.1. The molecule has 2 aromatic heterocycles. The summed E-state index contributed by atoms with van der Waals surface area (Å²) < 4.78 is 3.15. The third kappa shape index (κ3) is 2.88. The minimum Gasteiger partial charge on any atom is -0.279 e. The molecule has 0 bridgehead atoms. The summed E-state index contributed by atoms with van der Waals surface area (Å²) in [7, 11) is 0. The molecular weight excluding hydrogens is 380 g/mol. The first-order chi connectivity index (χ1) is 14.0. The molecular formula is C24H22N2O2S. The fourth-order valence-electron chi connectivity index (χ4n) is 4.29. The van der Waals surface area contributed by atoms with Crippen LogP contribution < -0.4 is 11.2 Å². The third-order valence-corrected chi connectivity index (χ3v) is 7.15. The molecule has 146 valence electrons. The third-order valence-electron chi connectivity index (χ3n) is 5.83. The number of benzene rings is 2. The lowest BCUT2D eigenvalue weighted by atomic mass is 10.1. The normalized spacial score (nSPS) is 13.2. The first kappa shape index (κ1) is 18.1. The molecule has 0 amide bonds. The molecule has 0 saturated heterocycles. The molecule has 1 aliphatic rings. The Labute approximate surface area is 172 Å². The smallest absolute Gasteiger partial charge is 0.279 e. The van der Waals surface area contributed by atoms with Gasteiger partial charge in [-0.25, -0.2) is 9.36 Å². The van der Waals surface area contributed by atoms with Gasteiger partial charge in [0.2, 0.25) is 0 Å². The van der Waals surface area contributed by atoms with Gasteiger partial charge in [0, 0.05) is 4.88 Å². The average molecular weight is 403 g/mol. The molecule has 0 aliphatic heterocycles. The van der Waals surface area contributed by atoms with Crippen LogP contribution in [0.2, 0.25) is 0 Å². The summed E-state index contributed by atoms with van der Waals surface area (Å²) >= 11 is 1.62. The molecule has 5 heteroatoms. The van der Waals surface area contributed by atoms with Crippen LogP contribution in [0.25, 0.3) is 15.9 Å². The average Bonchev–Trinajstić information content (AvgIpc) is 3.30. The van der Waals surface area contributed by atoms with E-state index in [-0.39, 0.29) is 11.2 Å². The van der Waals surface area contributed by atoms with E-state index in [4.69, 9.17) is 0 Å². The molecule has 4 nitrogen and oxygen atoms in total. The standard InChI is InChI=1S/C24H22N2O2S/c1-15-11-12-16(2)17(13-15)14-25-23-21(19-9-6-10-20(19)29-23)22(27)26(24(25)28)18-7-4-3-5-8-18/h3-5,7-8,11-13H,6,9-10,14H2,1-2H3. The van der Waals surface area contributed by atoms with Gasteiger partial charge in [-0.15, -0.1) is 11.3 Å². The van der Waals surface area contributed by atoms with Gasteiger partial charge in [0.1, 0.15) is 4.83 Å². The summed E-state index contributed by atoms with van der Waals surface area (Å²) in [6.07, 6.45) is 3.00. The number of aryl methyl sites for hydroxylation is 4. The van der Waals surface area contributed by atoms with Gasteiger partial charge < -0.3 is 0 Å². The van der Waals surface area contributed by atoms with Crippen LogP contribution in [0.15, 0.2) is 58.1 Å². The molecule has 0 unspecified atom stereocenters. The lowest BCUT2D eigenvalue weighted by Crippen LogP contribution is -2.39. The Hall–Kier alpha value is -2.92. The lowest BCUT2D eigenvalue weighted by Gasteiger charge is -2.14. The van der Waals surface area contributed by atoms with Gasteiger partial charge in [0.05, 0.1) is 17.6 Å². The van der Waals surface area contributed by atoms with Crippen LogP contribution in [-0.4, -0.2) is 9.13 Å². The van der Waals surface area contributed by atoms with Gasteiger partial charge in [-0.3, -0.25) is 9.36 Å². The van der Waals surface area contributed by atoms with Crippen molar-refractivity contribution in [3.8, 4) is 5.69 Å². The summed E-state index contributed by atoms with van der Waals surface area (Å²) in [5, 5.41) is 0.733. The molecule has 0 fully saturated rings. The highest BCUT2D eigenvalue weighted by Gasteiger charge is 2.25. The van der Waals surface area contributed by atoms with E-state index in [1.54, 1.807) is 15.9 Å². The van der Waals surface area contributed by atoms with Gasteiger partial charge in [0.15, 0.2) is 0 Å². The maximum atomic E-state index is 13.6. The SMILES string of the molecule is Cc1ccc(C)c(Cn2c(=O)n(-c3ccccc3)c(=O)c3c4c(sc32)CCC4)c1. The molecule has 2 heterocycles. The first-order valence-electron chi connectivity index (χ1n) is 9.96. The van der Waals surface area contributed by atoms with E-state index in [1.807, 2.05) is 30.3 Å². The van der Waals surface area contributed by atoms with Crippen molar-refractivity contribution in [2.75, 3.05) is 0 Å². The van der Waals surface area contributed by atoms with Crippen LogP contribution in [-0.2, 0) is 19.4 Å². The molecule has 0 atom stereocenters. The predicted octanol–water partition coefficient (Wildman–Crippen LogP) is 4.37. The Morgan fingerprint density at radius 3 is 2.59 bits per heavy atom. The van der Waals surface area contributed by atoms with Gasteiger partial charge >= 0.3 is 5.69 Å². The summed E-state index contributed by atoms with van der Waals surface area (Å²) in [6, 6.07) is 15.6. The lowest BCUT2D eigenvalue weighted by molar-refractivity contribution is 0.715. The van der Waals surface area contributed by atoms with Crippen molar-refractivity contribution < 1.29 is 0 Å². The summed E-state index contributed by atoms with van der Waals surface area (Å²) in [5.41, 5.74) is 4.74. The Morgan fingerprint density at radius 1 is 1.00 bits per heavy atom. The van der Waals surface area contributed by atoms with Crippen molar-refractivity contribution in [2.45, 2.75) is 39.7 Å². The van der Waals surface area contributed by atoms with E-state index in [0.29, 0.717) is 12.2 Å². The zero-order valence-corrected chi connectivity index (χ0v) is 17.4. The van der Waals surface area contributed by atoms with E-state index in [0.717, 1.165) is 46.2 Å². The zero-order valence-electron chi connectivity index (χ0n) is 16.6. The first-order valence-corrected chi connectivity index (χ1v) is 10.8. The molecule has 4 aromatic rings. The van der Waals surface area contributed by atoms with Crippen LogP contribution in [0.5, 0.6) is 0 Å². The monoisotopic (exact) mass is 402 g/mol. The second kappa shape index (κ2) is 6.85. The van der Waals surface area contributed by atoms with Crippen molar-refractivity contribution in [3.05, 3.63) is 96.5 Å². The van der Waals surface area contributed by atoms with Gasteiger partial charge in [-0.05, 0) is 61.9 Å². The fraction of sp³-hybridized carbons (Fsp3) is 0.250. The largest absolute Gasteiger partial charge is 0.337 e. The zero-order chi connectivity index (χ0) is 20.1. The Kier molecular flexibility index (Phi) is 4.28. The molecule has 0 saturated carbocycles. The second-order valence-corrected chi connectivity index (χ2v) is 8.90. The van der Waals surface area contributed by atoms with Crippen LogP contribution in [0.1, 0.15) is 33.6 Å². The van der Waals surface area contributed by atoms with Crippen molar-refractivity contribution in [2.24, 2.45) is 0 Å². The summed E-state index contributed by atoms with van der Waals surface area (Å²) in [6.45, 7) is 4.60. The quantitative estimate of drug-likeness (QED) is 0.511. The number of para-hydroxylation sites is 1. The molecule has 0 radical (unpaired) electrons. The molecule has 1 aliphatic carbocycles. The summed E-state index contributed by atoms with van der Waals surface area (Å²) in [5.74, 6) is 0. The van der Waals surface area contributed by atoms with Crippen molar-refractivity contribution >= 4 is 21.6 Å². The van der Waals surface area contributed by atoms with Crippen LogP contribution >= 0.6 is 11.3 Å². The number of thiophene rings is 1. The van der Waals surface area contributed by atoms with Crippen molar-refractivity contribution in [1.82, 2.24) is 9.13 Å². The molecule has 29 heavy (non-hydrogen) atoms. The number of nitrogens with zero attached hydrogens (tertiary/aromatic N) is 2. The number of hydrogen-bond acceptors (Lipinski definition) is 3. The van der Waals surface area contributed by atoms with E-state index in [1.165, 1.54) is 15.0 Å². The minimum absolute atomic E-state index is 0.187. The second-order valence-electron chi connectivity index (χ2n) is 7.81. The van der Waals surface area contributed by atoms with E-state index in [9.17, 15) is 9.59 Å². The topological polar surface area (TPSA) is 44.0 Å². The molecule has 0 N–H and O–H groups in total. The number of rotatable bonds is 3.